The molecule has 0 aliphatic heterocycles. The predicted octanol–water partition coefficient (Wildman–Crippen LogP) is 4.97. The molecule has 158 valence electrons. The number of methoxy groups -OCH3 is 2. The number of hydrogen-bond donors (Lipinski definition) is 0. The van der Waals surface area contributed by atoms with Gasteiger partial charge in [0, 0.05) is 17.9 Å². The number of aromatic nitrogens is 2. The van der Waals surface area contributed by atoms with Crippen LogP contribution in [0.25, 0.3) is 16.6 Å². The molecule has 0 N–H and O–H groups in total. The Kier molecular flexibility index (Phi) is 5.90. The van der Waals surface area contributed by atoms with Crippen LogP contribution in [0.1, 0.15) is 5.56 Å². The maximum absolute atomic E-state index is 13.6. The van der Waals surface area contributed by atoms with Crippen molar-refractivity contribution in [1.82, 2.24) is 9.55 Å². The van der Waals surface area contributed by atoms with E-state index in [1.54, 1.807) is 42.5 Å². The van der Waals surface area contributed by atoms with E-state index < -0.39 is 11.6 Å². The summed E-state index contributed by atoms with van der Waals surface area (Å²) in [5, 5.41) is 0.799. The first-order valence-electron chi connectivity index (χ1n) is 9.32. The zero-order valence-corrected chi connectivity index (χ0v) is 17.6. The van der Waals surface area contributed by atoms with Gasteiger partial charge in [0.05, 0.1) is 30.8 Å². The minimum atomic E-state index is -0.658. The molecule has 5 nitrogen and oxygen atoms in total. The van der Waals surface area contributed by atoms with Gasteiger partial charge in [0.15, 0.2) is 5.16 Å². The molecule has 0 saturated carbocycles. The smallest absolute Gasteiger partial charge is 0.266 e. The Bertz CT molecular complexity index is 1300. The van der Waals surface area contributed by atoms with Gasteiger partial charge < -0.3 is 9.47 Å². The van der Waals surface area contributed by atoms with Gasteiger partial charge in [-0.25, -0.2) is 13.8 Å². The fraction of sp³-hybridized carbons (Fsp3) is 0.130. The topological polar surface area (TPSA) is 53.4 Å². The molecular formula is C23H18F2N2O3S. The van der Waals surface area contributed by atoms with Crippen LogP contribution < -0.4 is 15.0 Å². The highest BCUT2D eigenvalue weighted by atomic mass is 32.2. The highest BCUT2D eigenvalue weighted by Crippen LogP contribution is 2.31. The van der Waals surface area contributed by atoms with Crippen LogP contribution in [0, 0.1) is 11.6 Å². The number of nitrogens with zero attached hydrogens (tertiary/aromatic N) is 2. The molecule has 3 aromatic carbocycles. The zero-order chi connectivity index (χ0) is 22.0. The lowest BCUT2D eigenvalue weighted by Crippen LogP contribution is -2.22. The average molecular weight is 440 g/mol. The van der Waals surface area contributed by atoms with Crippen LogP contribution >= 0.6 is 11.8 Å². The summed E-state index contributed by atoms with van der Waals surface area (Å²) in [5.74, 6) is -0.105. The molecule has 0 unspecified atom stereocenters. The summed E-state index contributed by atoms with van der Waals surface area (Å²) in [6.45, 7) is 0. The van der Waals surface area contributed by atoms with Gasteiger partial charge in [-0.15, -0.1) is 0 Å². The largest absolute Gasteiger partial charge is 0.497 e. The van der Waals surface area contributed by atoms with E-state index in [0.717, 1.165) is 6.07 Å². The second-order valence-corrected chi connectivity index (χ2v) is 7.60. The molecule has 0 fully saturated rings. The molecule has 4 aromatic rings. The molecule has 1 aromatic heterocycles. The van der Waals surface area contributed by atoms with Crippen LogP contribution in [-0.4, -0.2) is 23.8 Å². The molecule has 0 amide bonds. The van der Waals surface area contributed by atoms with Gasteiger partial charge in [-0.3, -0.25) is 9.36 Å². The van der Waals surface area contributed by atoms with E-state index in [1.165, 1.54) is 42.7 Å². The third kappa shape index (κ3) is 4.25. The summed E-state index contributed by atoms with van der Waals surface area (Å²) in [4.78, 5) is 18.1. The van der Waals surface area contributed by atoms with E-state index in [9.17, 15) is 13.6 Å². The standard InChI is InChI=1S/C23H18F2N2O3S/c1-29-17-7-8-21(30-2)20(12-17)27-22(28)18-5-3-4-6-19(18)26-23(27)31-13-14-9-15(24)11-16(25)10-14/h3-12H,13H2,1-2H3. The van der Waals surface area contributed by atoms with Gasteiger partial charge in [-0.2, -0.15) is 0 Å². The number of para-hydroxylation sites is 1. The minimum Gasteiger partial charge on any atom is -0.497 e. The lowest BCUT2D eigenvalue weighted by Gasteiger charge is -2.16. The quantitative estimate of drug-likeness (QED) is 0.313. The van der Waals surface area contributed by atoms with Gasteiger partial charge in [0.2, 0.25) is 0 Å². The first-order chi connectivity index (χ1) is 15.0. The zero-order valence-electron chi connectivity index (χ0n) is 16.8. The molecule has 0 radical (unpaired) electrons. The first-order valence-corrected chi connectivity index (χ1v) is 10.3. The van der Waals surface area contributed by atoms with Crippen LogP contribution in [0.2, 0.25) is 0 Å². The predicted molar refractivity (Wildman–Crippen MR) is 116 cm³/mol. The van der Waals surface area contributed by atoms with Crippen molar-refractivity contribution in [1.29, 1.82) is 0 Å². The lowest BCUT2D eigenvalue weighted by atomic mass is 10.2. The number of hydrogen-bond acceptors (Lipinski definition) is 5. The van der Waals surface area contributed by atoms with E-state index in [0.29, 0.717) is 38.8 Å². The first kappa shape index (κ1) is 20.9. The number of thioether (sulfide) groups is 1. The third-order valence-corrected chi connectivity index (χ3v) is 5.67. The van der Waals surface area contributed by atoms with Crippen LogP contribution in [-0.2, 0) is 5.75 Å². The summed E-state index contributed by atoms with van der Waals surface area (Å²) in [6, 6.07) is 15.4. The van der Waals surface area contributed by atoms with Gasteiger partial charge in [0.25, 0.3) is 5.56 Å². The van der Waals surface area contributed by atoms with Crippen LogP contribution in [0.4, 0.5) is 8.78 Å². The fourth-order valence-corrected chi connectivity index (χ4v) is 4.17. The Hall–Kier alpha value is -3.39. The van der Waals surface area contributed by atoms with E-state index in [2.05, 4.69) is 4.98 Å². The molecule has 4 rings (SSSR count). The van der Waals surface area contributed by atoms with Crippen molar-refractivity contribution in [3.8, 4) is 17.2 Å². The summed E-state index contributed by atoms with van der Waals surface area (Å²) in [6.07, 6.45) is 0. The molecule has 0 atom stereocenters. The second kappa shape index (κ2) is 8.77. The monoisotopic (exact) mass is 440 g/mol. The molecular weight excluding hydrogens is 422 g/mol. The van der Waals surface area contributed by atoms with Crippen LogP contribution in [0.5, 0.6) is 11.5 Å². The number of ether oxygens (including phenoxy) is 2. The van der Waals surface area contributed by atoms with Gasteiger partial charge in [0.1, 0.15) is 23.1 Å². The number of fused-ring (bicyclic) bond motifs is 1. The number of rotatable bonds is 6. The maximum Gasteiger partial charge on any atom is 0.266 e. The van der Waals surface area contributed by atoms with Crippen LogP contribution in [0.3, 0.4) is 0 Å². The molecule has 1 heterocycles. The minimum absolute atomic E-state index is 0.214. The summed E-state index contributed by atoms with van der Waals surface area (Å²) >= 11 is 1.20. The summed E-state index contributed by atoms with van der Waals surface area (Å²) in [5.41, 5.74) is 1.13. The van der Waals surface area contributed by atoms with Crippen molar-refractivity contribution in [2.75, 3.05) is 14.2 Å². The fourth-order valence-electron chi connectivity index (χ4n) is 3.24. The Morgan fingerprint density at radius 2 is 1.71 bits per heavy atom. The van der Waals surface area contributed by atoms with E-state index >= 15 is 0 Å². The highest BCUT2D eigenvalue weighted by molar-refractivity contribution is 7.98. The number of benzene rings is 3. The maximum atomic E-state index is 13.6. The Morgan fingerprint density at radius 3 is 2.42 bits per heavy atom. The molecule has 8 heteroatoms. The SMILES string of the molecule is COc1ccc(OC)c(-n2c(SCc3cc(F)cc(F)c3)nc3ccccc3c2=O)c1. The van der Waals surface area contributed by atoms with Crippen molar-refractivity contribution in [2.45, 2.75) is 10.9 Å². The Balaban J connectivity index is 1.89. The Morgan fingerprint density at radius 1 is 0.968 bits per heavy atom. The molecule has 31 heavy (non-hydrogen) atoms. The molecule has 0 aliphatic rings. The van der Waals surface area contributed by atoms with Gasteiger partial charge in [-0.1, -0.05) is 23.9 Å². The average Bonchev–Trinajstić information content (AvgIpc) is 2.77. The van der Waals surface area contributed by atoms with Gasteiger partial charge >= 0.3 is 0 Å². The number of halogens is 2. The lowest BCUT2D eigenvalue weighted by molar-refractivity contribution is 0.400. The van der Waals surface area contributed by atoms with Crippen molar-refractivity contribution in [3.05, 3.63) is 88.2 Å². The summed E-state index contributed by atoms with van der Waals surface area (Å²) in [7, 11) is 3.04. The van der Waals surface area contributed by atoms with Crippen LogP contribution in [0.15, 0.2) is 70.6 Å². The molecule has 0 spiro atoms. The van der Waals surface area contributed by atoms with Crippen molar-refractivity contribution in [2.24, 2.45) is 0 Å². The summed E-state index contributed by atoms with van der Waals surface area (Å²) < 4.78 is 39.4. The molecule has 0 bridgehead atoms. The molecule has 0 aliphatic carbocycles. The van der Waals surface area contributed by atoms with E-state index in [-0.39, 0.29) is 11.3 Å². The van der Waals surface area contributed by atoms with Crippen molar-refractivity contribution >= 4 is 22.7 Å². The third-order valence-electron chi connectivity index (χ3n) is 4.66. The highest BCUT2D eigenvalue weighted by Gasteiger charge is 2.18. The Labute approximate surface area is 181 Å². The second-order valence-electron chi connectivity index (χ2n) is 6.66. The van der Waals surface area contributed by atoms with E-state index in [4.69, 9.17) is 9.47 Å². The molecule has 0 saturated heterocycles. The van der Waals surface area contributed by atoms with Crippen molar-refractivity contribution < 1.29 is 18.3 Å². The van der Waals surface area contributed by atoms with Crippen molar-refractivity contribution in [3.63, 3.8) is 0 Å². The van der Waals surface area contributed by atoms with E-state index in [1.807, 2.05) is 0 Å². The van der Waals surface area contributed by atoms with Gasteiger partial charge in [-0.05, 0) is 42.0 Å². The normalized spacial score (nSPS) is 11.0.